The van der Waals surface area contributed by atoms with E-state index in [2.05, 4.69) is 0 Å². The number of aliphatic hydroxyl groups is 4. The molecule has 0 saturated heterocycles. The molecule has 48 heavy (non-hydrogen) atoms. The average molecular weight is 681 g/mol. The van der Waals surface area contributed by atoms with Crippen molar-refractivity contribution in [2.45, 2.75) is 244 Å². The zero-order chi connectivity index (χ0) is 34.7. The Balaban J connectivity index is 2.63. The van der Waals surface area contributed by atoms with Crippen LogP contribution in [0.15, 0.2) is 0 Å². The molecule has 1 fully saturated rings. The number of hydrogen-bond donors (Lipinski definition) is 4. The second-order valence-corrected chi connectivity index (χ2v) is 16.3. The SMILES string of the molecule is OCCC1(CCO)CCCCCCCCCCCCCCCCCCCCCCCCCCCCCCCCCCC1(CCO)CCO. The molecular formula is C44H88O4. The summed E-state index contributed by atoms with van der Waals surface area (Å²) in [7, 11) is 0. The Morgan fingerprint density at radius 2 is 0.333 bits per heavy atom. The quantitative estimate of drug-likeness (QED) is 0.206. The molecule has 4 nitrogen and oxygen atoms in total. The van der Waals surface area contributed by atoms with E-state index in [4.69, 9.17) is 0 Å². The van der Waals surface area contributed by atoms with E-state index in [1.54, 1.807) is 0 Å². The second kappa shape index (κ2) is 34.0. The molecule has 4 heteroatoms. The molecular weight excluding hydrogens is 592 g/mol. The first-order chi connectivity index (χ1) is 23.7. The smallest absolute Gasteiger partial charge is 0.0436 e. The van der Waals surface area contributed by atoms with Crippen LogP contribution in [0.25, 0.3) is 0 Å². The van der Waals surface area contributed by atoms with Crippen molar-refractivity contribution in [3.05, 3.63) is 0 Å². The highest BCUT2D eigenvalue weighted by atomic mass is 16.3. The van der Waals surface area contributed by atoms with Crippen LogP contribution in [-0.2, 0) is 0 Å². The van der Waals surface area contributed by atoms with Gasteiger partial charge in [0.1, 0.15) is 0 Å². The van der Waals surface area contributed by atoms with Gasteiger partial charge in [-0.15, -0.1) is 0 Å². The van der Waals surface area contributed by atoms with Crippen molar-refractivity contribution in [1.82, 2.24) is 0 Å². The van der Waals surface area contributed by atoms with Crippen LogP contribution in [0.3, 0.4) is 0 Å². The molecule has 1 aliphatic rings. The molecule has 0 spiro atoms. The number of aliphatic hydroxyl groups excluding tert-OH is 4. The zero-order valence-electron chi connectivity index (χ0n) is 32.5. The maximum Gasteiger partial charge on any atom is 0.0436 e. The minimum absolute atomic E-state index is 0.110. The molecule has 4 N–H and O–H groups in total. The van der Waals surface area contributed by atoms with E-state index in [0.717, 1.165) is 25.7 Å². The zero-order valence-corrected chi connectivity index (χ0v) is 32.5. The van der Waals surface area contributed by atoms with E-state index >= 15 is 0 Å². The van der Waals surface area contributed by atoms with Gasteiger partial charge in [0.2, 0.25) is 0 Å². The molecule has 0 radical (unpaired) electrons. The van der Waals surface area contributed by atoms with Gasteiger partial charge in [-0.1, -0.05) is 205 Å². The molecule has 288 valence electrons. The Bertz CT molecular complexity index is 571. The van der Waals surface area contributed by atoms with Crippen LogP contribution < -0.4 is 0 Å². The lowest BCUT2D eigenvalue weighted by atomic mass is 9.53. The van der Waals surface area contributed by atoms with Gasteiger partial charge in [0.05, 0.1) is 0 Å². The summed E-state index contributed by atoms with van der Waals surface area (Å²) in [5.74, 6) is 0. The Kier molecular flexibility index (Phi) is 32.4. The van der Waals surface area contributed by atoms with E-state index in [-0.39, 0.29) is 37.3 Å². The topological polar surface area (TPSA) is 80.9 Å². The largest absolute Gasteiger partial charge is 0.396 e. The Hall–Kier alpha value is -0.160. The second-order valence-electron chi connectivity index (χ2n) is 16.3. The van der Waals surface area contributed by atoms with E-state index in [1.807, 2.05) is 0 Å². The van der Waals surface area contributed by atoms with Crippen LogP contribution in [0.4, 0.5) is 0 Å². The molecule has 0 bridgehead atoms. The Labute approximate surface area is 301 Å². The maximum atomic E-state index is 10.3. The van der Waals surface area contributed by atoms with Gasteiger partial charge >= 0.3 is 0 Å². The molecule has 0 atom stereocenters. The number of hydrogen-bond acceptors (Lipinski definition) is 4. The van der Waals surface area contributed by atoms with Crippen LogP contribution in [-0.4, -0.2) is 46.9 Å². The minimum Gasteiger partial charge on any atom is -0.396 e. The van der Waals surface area contributed by atoms with Crippen LogP contribution in [0.2, 0.25) is 0 Å². The van der Waals surface area contributed by atoms with Gasteiger partial charge in [-0.25, -0.2) is 0 Å². The summed E-state index contributed by atoms with van der Waals surface area (Å²) in [4.78, 5) is 0. The highest BCUT2D eigenvalue weighted by Crippen LogP contribution is 2.56. The van der Waals surface area contributed by atoms with Crippen molar-refractivity contribution < 1.29 is 20.4 Å². The molecule has 1 aliphatic carbocycles. The monoisotopic (exact) mass is 681 g/mol. The standard InChI is InChI=1S/C44H88O4/c45-39-35-43(36-40-46)33-31-29-27-25-23-21-19-17-15-13-11-9-7-5-3-1-2-4-6-8-10-12-14-16-18-20-22-24-26-28-30-32-34-44(43,37-41-47)38-42-48/h45-48H,1-42H2. The van der Waals surface area contributed by atoms with Crippen molar-refractivity contribution in [1.29, 1.82) is 0 Å². The highest BCUT2D eigenvalue weighted by Gasteiger charge is 2.48. The summed E-state index contributed by atoms with van der Waals surface area (Å²) in [6.07, 6.45) is 48.5. The highest BCUT2D eigenvalue weighted by molar-refractivity contribution is 4.98. The first-order valence-electron chi connectivity index (χ1n) is 22.1. The van der Waals surface area contributed by atoms with E-state index in [0.29, 0.717) is 25.7 Å². The lowest BCUT2D eigenvalue weighted by molar-refractivity contribution is -0.0601. The minimum atomic E-state index is -0.225. The molecule has 0 unspecified atom stereocenters. The third-order valence-electron chi connectivity index (χ3n) is 12.5. The van der Waals surface area contributed by atoms with E-state index in [9.17, 15) is 20.4 Å². The maximum absolute atomic E-state index is 10.3. The van der Waals surface area contributed by atoms with Gasteiger partial charge in [0.25, 0.3) is 0 Å². The summed E-state index contributed by atoms with van der Waals surface area (Å²) >= 11 is 0. The fourth-order valence-electron chi connectivity index (χ4n) is 9.43. The predicted octanol–water partition coefficient (Wildman–Crippen LogP) is 12.8. The normalized spacial score (nSPS) is 23.2. The summed E-state index contributed by atoms with van der Waals surface area (Å²) < 4.78 is 0. The molecule has 0 aromatic rings. The fourth-order valence-corrected chi connectivity index (χ4v) is 9.43. The van der Waals surface area contributed by atoms with Crippen molar-refractivity contribution >= 4 is 0 Å². The van der Waals surface area contributed by atoms with Crippen LogP contribution in [0, 0.1) is 10.8 Å². The molecule has 1 saturated carbocycles. The van der Waals surface area contributed by atoms with Gasteiger partial charge in [-0.2, -0.15) is 0 Å². The number of rotatable bonds is 8. The lowest BCUT2D eigenvalue weighted by Crippen LogP contribution is -2.45. The molecule has 1 rings (SSSR count). The summed E-state index contributed by atoms with van der Waals surface area (Å²) in [6.45, 7) is 0.439. The van der Waals surface area contributed by atoms with Crippen LogP contribution in [0.5, 0.6) is 0 Å². The molecule has 0 aromatic heterocycles. The van der Waals surface area contributed by atoms with Gasteiger partial charge in [0, 0.05) is 26.4 Å². The summed E-state index contributed by atoms with van der Waals surface area (Å²) in [5, 5.41) is 41.0. The lowest BCUT2D eigenvalue weighted by Gasteiger charge is -2.52. The third-order valence-corrected chi connectivity index (χ3v) is 12.5. The Morgan fingerprint density at radius 3 is 0.458 bits per heavy atom. The van der Waals surface area contributed by atoms with Gasteiger partial charge in [0.15, 0.2) is 0 Å². The van der Waals surface area contributed by atoms with Gasteiger partial charge < -0.3 is 20.4 Å². The van der Waals surface area contributed by atoms with Crippen molar-refractivity contribution in [3.8, 4) is 0 Å². The average Bonchev–Trinajstić information content (AvgIpc) is 3.08. The molecule has 0 heterocycles. The fraction of sp³-hybridized carbons (Fsp3) is 1.00. The van der Waals surface area contributed by atoms with Crippen molar-refractivity contribution in [2.24, 2.45) is 10.8 Å². The van der Waals surface area contributed by atoms with Crippen LogP contribution in [0.1, 0.15) is 244 Å². The molecule has 0 aliphatic heterocycles. The summed E-state index contributed by atoms with van der Waals surface area (Å²) in [5.41, 5.74) is -0.450. The molecule has 0 amide bonds. The van der Waals surface area contributed by atoms with E-state index < -0.39 is 0 Å². The Morgan fingerprint density at radius 1 is 0.208 bits per heavy atom. The first-order valence-corrected chi connectivity index (χ1v) is 22.1. The van der Waals surface area contributed by atoms with Crippen molar-refractivity contribution in [2.75, 3.05) is 26.4 Å². The van der Waals surface area contributed by atoms with E-state index in [1.165, 1.54) is 193 Å². The van der Waals surface area contributed by atoms with Gasteiger partial charge in [-0.05, 0) is 49.4 Å². The van der Waals surface area contributed by atoms with Crippen molar-refractivity contribution in [3.63, 3.8) is 0 Å². The van der Waals surface area contributed by atoms with Gasteiger partial charge in [-0.3, -0.25) is 0 Å². The third kappa shape index (κ3) is 22.6. The van der Waals surface area contributed by atoms with Crippen LogP contribution >= 0.6 is 0 Å². The predicted molar refractivity (Wildman–Crippen MR) is 209 cm³/mol. The first kappa shape index (κ1) is 45.9. The molecule has 0 aromatic carbocycles. The summed E-state index contributed by atoms with van der Waals surface area (Å²) in [6, 6.07) is 0.